The lowest BCUT2D eigenvalue weighted by atomic mass is 10.1. The molecule has 0 spiro atoms. The molecule has 1 heterocycles. The van der Waals surface area contributed by atoms with Crippen LogP contribution >= 0.6 is 11.6 Å². The maximum atomic E-state index is 13.0. The molecular formula is C22H20ClN3O5S. The Morgan fingerprint density at radius 3 is 2.56 bits per heavy atom. The predicted molar refractivity (Wildman–Crippen MR) is 124 cm³/mol. The summed E-state index contributed by atoms with van der Waals surface area (Å²) in [5.41, 5.74) is 0.670. The number of hydrogen-bond donors (Lipinski definition) is 2. The van der Waals surface area contributed by atoms with E-state index in [0.717, 1.165) is 4.73 Å². The van der Waals surface area contributed by atoms with E-state index in [-0.39, 0.29) is 22.9 Å². The van der Waals surface area contributed by atoms with Gasteiger partial charge in [-0.2, -0.15) is 0 Å². The lowest BCUT2D eigenvalue weighted by Gasteiger charge is -2.17. The van der Waals surface area contributed by atoms with Crippen LogP contribution in [0, 0.1) is 6.92 Å². The van der Waals surface area contributed by atoms with Crippen molar-refractivity contribution in [3.63, 3.8) is 0 Å². The Labute approximate surface area is 190 Å². The van der Waals surface area contributed by atoms with E-state index < -0.39 is 15.6 Å². The van der Waals surface area contributed by atoms with Gasteiger partial charge in [-0.1, -0.05) is 48.5 Å². The minimum Gasteiger partial charge on any atom is -0.371 e. The molecule has 3 rings (SSSR count). The first-order valence-electron chi connectivity index (χ1n) is 9.34. The first-order valence-corrected chi connectivity index (χ1v) is 11.4. The van der Waals surface area contributed by atoms with Crippen molar-refractivity contribution < 1.29 is 18.0 Å². The topological polar surface area (TPSA) is 106 Å². The highest BCUT2D eigenvalue weighted by Crippen LogP contribution is 2.27. The normalized spacial score (nSPS) is 10.9. The number of benzene rings is 2. The van der Waals surface area contributed by atoms with Crippen molar-refractivity contribution in [2.75, 3.05) is 4.72 Å². The van der Waals surface area contributed by atoms with E-state index >= 15 is 0 Å². The molecule has 0 saturated heterocycles. The van der Waals surface area contributed by atoms with Crippen LogP contribution in [0.3, 0.4) is 0 Å². The van der Waals surface area contributed by atoms with Gasteiger partial charge in [-0.15, -0.1) is 4.73 Å². The molecule has 0 atom stereocenters. The fourth-order valence-corrected chi connectivity index (χ4v) is 4.23. The van der Waals surface area contributed by atoms with Gasteiger partial charge in [0, 0.05) is 16.3 Å². The smallest absolute Gasteiger partial charge is 0.307 e. The molecule has 3 aromatic rings. The molecule has 2 N–H and O–H groups in total. The molecule has 0 aliphatic carbocycles. The summed E-state index contributed by atoms with van der Waals surface area (Å²) in [6, 6.07) is 16.1. The minimum atomic E-state index is -3.85. The lowest BCUT2D eigenvalue weighted by molar-refractivity contribution is -0.108. The first-order chi connectivity index (χ1) is 15.2. The largest absolute Gasteiger partial charge is 0.371 e. The van der Waals surface area contributed by atoms with Gasteiger partial charge in [0.05, 0.1) is 11.4 Å². The molecule has 0 bridgehead atoms. The van der Waals surface area contributed by atoms with Crippen molar-refractivity contribution >= 4 is 39.4 Å². The van der Waals surface area contributed by atoms with Gasteiger partial charge in [-0.25, -0.2) is 8.42 Å². The Morgan fingerprint density at radius 1 is 1.16 bits per heavy atom. The van der Waals surface area contributed by atoms with Crippen molar-refractivity contribution in [1.29, 1.82) is 0 Å². The molecule has 0 fully saturated rings. The fourth-order valence-electron chi connectivity index (χ4n) is 2.87. The van der Waals surface area contributed by atoms with Crippen LogP contribution in [-0.2, 0) is 20.6 Å². The summed E-state index contributed by atoms with van der Waals surface area (Å²) in [5, 5.41) is 2.79. The number of carbonyl (C=O) groups excluding carboxylic acids is 1. The Balaban J connectivity index is 1.94. The third kappa shape index (κ3) is 5.57. The number of anilines is 1. The SMILES string of the molecule is C=C(NC=O)c1cc(Cl)ccc1On1c(C)ccc(NS(=O)(=O)Cc2ccccc2)c1=O. The third-order valence-electron chi connectivity index (χ3n) is 4.38. The second kappa shape index (κ2) is 9.71. The number of amides is 1. The zero-order chi connectivity index (χ0) is 23.3. The molecule has 1 aromatic heterocycles. The summed E-state index contributed by atoms with van der Waals surface area (Å²) < 4.78 is 28.4. The van der Waals surface area contributed by atoms with Crippen LogP contribution in [0.1, 0.15) is 16.8 Å². The van der Waals surface area contributed by atoms with E-state index in [1.54, 1.807) is 43.3 Å². The number of hydrogen-bond acceptors (Lipinski definition) is 5. The number of rotatable bonds is 9. The molecule has 2 aromatic carbocycles. The average Bonchev–Trinajstić information content (AvgIpc) is 2.74. The Bertz CT molecular complexity index is 1320. The van der Waals surface area contributed by atoms with E-state index in [0.29, 0.717) is 28.3 Å². The maximum Gasteiger partial charge on any atom is 0.307 e. The lowest BCUT2D eigenvalue weighted by Crippen LogP contribution is -2.30. The molecule has 10 heteroatoms. The van der Waals surface area contributed by atoms with Crippen molar-refractivity contribution in [1.82, 2.24) is 10.0 Å². The van der Waals surface area contributed by atoms with Crippen molar-refractivity contribution in [2.24, 2.45) is 0 Å². The van der Waals surface area contributed by atoms with E-state index in [1.165, 1.54) is 24.3 Å². The standard InChI is InChI=1S/C22H20ClN3O5S/c1-15-8-10-20(25-32(29,30)13-17-6-4-3-5-7-17)22(28)26(15)31-21-11-9-18(23)12-19(21)16(2)24-14-27/h3-12,14,25H,2,13H2,1H3,(H,24,27). The van der Waals surface area contributed by atoms with Gasteiger partial charge in [-0.05, 0) is 42.8 Å². The average molecular weight is 474 g/mol. The number of nitrogens with zero attached hydrogens (tertiary/aromatic N) is 1. The van der Waals surface area contributed by atoms with Gasteiger partial charge in [-0.3, -0.25) is 14.3 Å². The van der Waals surface area contributed by atoms with Crippen LogP contribution in [0.25, 0.3) is 5.70 Å². The quantitative estimate of drug-likeness (QED) is 0.464. The summed E-state index contributed by atoms with van der Waals surface area (Å²) in [6.07, 6.45) is 0.451. The molecule has 0 unspecified atom stereocenters. The summed E-state index contributed by atoms with van der Waals surface area (Å²) in [7, 11) is -3.85. The Kier molecular flexibility index (Phi) is 7.01. The second-order valence-electron chi connectivity index (χ2n) is 6.81. The monoisotopic (exact) mass is 473 g/mol. The van der Waals surface area contributed by atoms with Gasteiger partial charge in [0.25, 0.3) is 0 Å². The molecule has 166 valence electrons. The number of carbonyl (C=O) groups is 1. The molecule has 8 nitrogen and oxygen atoms in total. The second-order valence-corrected chi connectivity index (χ2v) is 8.97. The highest BCUT2D eigenvalue weighted by Gasteiger charge is 2.17. The Hall–Kier alpha value is -3.56. The third-order valence-corrected chi connectivity index (χ3v) is 5.86. The van der Waals surface area contributed by atoms with E-state index in [4.69, 9.17) is 16.4 Å². The van der Waals surface area contributed by atoms with Gasteiger partial charge in [0.15, 0.2) is 5.75 Å². The Morgan fingerprint density at radius 2 is 1.88 bits per heavy atom. The van der Waals surface area contributed by atoms with E-state index in [1.807, 2.05) is 0 Å². The van der Waals surface area contributed by atoms with Gasteiger partial charge in [0.2, 0.25) is 16.4 Å². The van der Waals surface area contributed by atoms with Crippen LogP contribution in [0.15, 0.2) is 72.0 Å². The van der Waals surface area contributed by atoms with Gasteiger partial charge < -0.3 is 10.2 Å². The van der Waals surface area contributed by atoms with Crippen molar-refractivity contribution in [2.45, 2.75) is 12.7 Å². The highest BCUT2D eigenvalue weighted by atomic mass is 35.5. The van der Waals surface area contributed by atoms with Crippen molar-refractivity contribution in [3.8, 4) is 5.75 Å². The van der Waals surface area contributed by atoms with Crippen LogP contribution < -0.4 is 20.4 Å². The highest BCUT2D eigenvalue weighted by molar-refractivity contribution is 7.91. The molecule has 0 saturated carbocycles. The molecule has 32 heavy (non-hydrogen) atoms. The predicted octanol–water partition coefficient (Wildman–Crippen LogP) is 3.31. The van der Waals surface area contributed by atoms with Crippen LogP contribution in [0.2, 0.25) is 5.02 Å². The van der Waals surface area contributed by atoms with E-state index in [2.05, 4.69) is 16.6 Å². The van der Waals surface area contributed by atoms with Gasteiger partial charge in [0.1, 0.15) is 5.69 Å². The molecular weight excluding hydrogens is 454 g/mol. The molecule has 0 aliphatic rings. The number of halogens is 1. The number of nitrogens with one attached hydrogen (secondary N) is 2. The van der Waals surface area contributed by atoms with Crippen LogP contribution in [0.4, 0.5) is 5.69 Å². The maximum absolute atomic E-state index is 13.0. The summed E-state index contributed by atoms with van der Waals surface area (Å²) >= 11 is 6.03. The summed E-state index contributed by atoms with van der Waals surface area (Å²) in [4.78, 5) is 29.5. The van der Waals surface area contributed by atoms with Crippen LogP contribution in [-0.4, -0.2) is 19.6 Å². The van der Waals surface area contributed by atoms with E-state index in [9.17, 15) is 18.0 Å². The van der Waals surface area contributed by atoms with Crippen molar-refractivity contribution in [3.05, 3.63) is 99.4 Å². The summed E-state index contributed by atoms with van der Waals surface area (Å²) in [5.74, 6) is -0.108. The first kappa shape index (κ1) is 23.1. The number of aryl methyl sites for hydroxylation is 1. The molecule has 0 radical (unpaired) electrons. The zero-order valence-electron chi connectivity index (χ0n) is 17.0. The summed E-state index contributed by atoms with van der Waals surface area (Å²) in [6.45, 7) is 5.37. The van der Waals surface area contributed by atoms with Gasteiger partial charge >= 0.3 is 5.56 Å². The number of pyridine rings is 1. The van der Waals surface area contributed by atoms with Crippen LogP contribution in [0.5, 0.6) is 5.75 Å². The molecule has 1 amide bonds. The fraction of sp³-hybridized carbons (Fsp3) is 0.0909. The molecule has 0 aliphatic heterocycles. The minimum absolute atomic E-state index is 0.174. The zero-order valence-corrected chi connectivity index (χ0v) is 18.6. The number of sulfonamides is 1. The number of aromatic nitrogens is 1.